The lowest BCUT2D eigenvalue weighted by Crippen LogP contribution is -2.38. The molecule has 110 valence electrons. The summed E-state index contributed by atoms with van der Waals surface area (Å²) in [6, 6.07) is 6.86. The lowest BCUT2D eigenvalue weighted by molar-refractivity contribution is 0.285. The zero-order valence-electron chi connectivity index (χ0n) is 12.9. The Morgan fingerprint density at radius 1 is 1.25 bits per heavy atom. The number of anilines is 1. The molecule has 3 rings (SSSR count). The molecule has 0 saturated carbocycles. The fourth-order valence-electron chi connectivity index (χ4n) is 3.66. The molecule has 3 heteroatoms. The molecular weight excluding hydrogens is 246 g/mol. The minimum atomic E-state index is 0.874. The summed E-state index contributed by atoms with van der Waals surface area (Å²) in [6.45, 7) is 5.84. The molecule has 0 aliphatic carbocycles. The fraction of sp³-hybridized carbons (Fsp3) is 0.647. The molecule has 1 N–H and O–H groups in total. The van der Waals surface area contributed by atoms with Gasteiger partial charge in [-0.25, -0.2) is 0 Å². The van der Waals surface area contributed by atoms with Crippen LogP contribution in [0.5, 0.6) is 0 Å². The molecule has 1 aromatic carbocycles. The molecule has 0 radical (unpaired) electrons. The van der Waals surface area contributed by atoms with E-state index in [1.165, 1.54) is 44.6 Å². The Bertz CT molecular complexity index is 448. The van der Waals surface area contributed by atoms with Crippen LogP contribution in [0.3, 0.4) is 0 Å². The van der Waals surface area contributed by atoms with E-state index in [0.717, 1.165) is 19.0 Å². The van der Waals surface area contributed by atoms with Crippen molar-refractivity contribution < 1.29 is 0 Å². The van der Waals surface area contributed by atoms with Crippen LogP contribution in [0, 0.1) is 5.92 Å². The molecule has 2 heterocycles. The summed E-state index contributed by atoms with van der Waals surface area (Å²) in [4.78, 5) is 4.94. The number of benzene rings is 1. The predicted octanol–water partition coefficient (Wildman–Crippen LogP) is 2.11. The second-order valence-electron chi connectivity index (χ2n) is 6.53. The number of rotatable bonds is 3. The van der Waals surface area contributed by atoms with Crippen LogP contribution in [-0.2, 0) is 13.0 Å². The number of nitrogens with one attached hydrogen (secondary N) is 1. The third-order valence-corrected chi connectivity index (χ3v) is 4.70. The smallest absolute Gasteiger partial charge is 0.0414 e. The van der Waals surface area contributed by atoms with Crippen molar-refractivity contribution in [3.8, 4) is 0 Å². The SMILES string of the molecule is CN(C)CC1CCN(c2cccc3c2CNCC3)CC1. The van der Waals surface area contributed by atoms with Crippen molar-refractivity contribution in [2.45, 2.75) is 25.8 Å². The van der Waals surface area contributed by atoms with E-state index in [4.69, 9.17) is 0 Å². The van der Waals surface area contributed by atoms with Gasteiger partial charge in [0, 0.05) is 31.9 Å². The first-order chi connectivity index (χ1) is 9.74. The van der Waals surface area contributed by atoms with E-state index < -0.39 is 0 Å². The van der Waals surface area contributed by atoms with Gasteiger partial charge in [0.05, 0.1) is 0 Å². The Balaban J connectivity index is 1.69. The first kappa shape index (κ1) is 13.9. The standard InChI is InChI=1S/C17H27N3/c1-19(2)13-14-7-10-20(11-8-14)17-5-3-4-15-6-9-18-12-16(15)17/h3-5,14,18H,6-13H2,1-2H3. The lowest BCUT2D eigenvalue weighted by atomic mass is 9.93. The van der Waals surface area contributed by atoms with Crippen LogP contribution in [0.1, 0.15) is 24.0 Å². The van der Waals surface area contributed by atoms with E-state index in [9.17, 15) is 0 Å². The van der Waals surface area contributed by atoms with Crippen molar-refractivity contribution in [3.63, 3.8) is 0 Å². The maximum atomic E-state index is 3.52. The maximum absolute atomic E-state index is 3.52. The highest BCUT2D eigenvalue weighted by Gasteiger charge is 2.22. The zero-order valence-corrected chi connectivity index (χ0v) is 12.9. The minimum absolute atomic E-state index is 0.874. The van der Waals surface area contributed by atoms with Gasteiger partial charge in [0.2, 0.25) is 0 Å². The van der Waals surface area contributed by atoms with Crippen LogP contribution in [-0.4, -0.2) is 45.2 Å². The summed E-state index contributed by atoms with van der Waals surface area (Å²) in [7, 11) is 4.37. The highest BCUT2D eigenvalue weighted by atomic mass is 15.1. The Morgan fingerprint density at radius 3 is 2.80 bits per heavy atom. The van der Waals surface area contributed by atoms with Gasteiger partial charge in [0.15, 0.2) is 0 Å². The fourth-order valence-corrected chi connectivity index (χ4v) is 3.66. The Kier molecular flexibility index (Phi) is 4.27. The molecule has 1 aromatic rings. The third kappa shape index (κ3) is 2.99. The number of nitrogens with zero attached hydrogens (tertiary/aromatic N) is 2. The number of piperidine rings is 1. The van der Waals surface area contributed by atoms with Gasteiger partial charge in [0.1, 0.15) is 0 Å². The molecule has 20 heavy (non-hydrogen) atoms. The molecule has 1 fully saturated rings. The van der Waals surface area contributed by atoms with Crippen LogP contribution >= 0.6 is 0 Å². The van der Waals surface area contributed by atoms with E-state index in [2.05, 4.69) is 47.4 Å². The van der Waals surface area contributed by atoms with E-state index >= 15 is 0 Å². The molecule has 0 unspecified atom stereocenters. The largest absolute Gasteiger partial charge is 0.371 e. The zero-order chi connectivity index (χ0) is 13.9. The van der Waals surface area contributed by atoms with Gasteiger partial charge in [0.25, 0.3) is 0 Å². The van der Waals surface area contributed by atoms with Gasteiger partial charge >= 0.3 is 0 Å². The number of fused-ring (bicyclic) bond motifs is 1. The summed E-state index contributed by atoms with van der Waals surface area (Å²) in [6.07, 6.45) is 3.84. The Labute approximate surface area is 123 Å². The summed E-state index contributed by atoms with van der Waals surface area (Å²) in [5, 5.41) is 3.52. The van der Waals surface area contributed by atoms with Crippen LogP contribution in [0.2, 0.25) is 0 Å². The highest BCUT2D eigenvalue weighted by molar-refractivity contribution is 5.57. The predicted molar refractivity (Wildman–Crippen MR) is 85.3 cm³/mol. The topological polar surface area (TPSA) is 18.5 Å². The molecule has 0 atom stereocenters. The van der Waals surface area contributed by atoms with Crippen LogP contribution in [0.4, 0.5) is 5.69 Å². The first-order valence-corrected chi connectivity index (χ1v) is 7.95. The summed E-state index contributed by atoms with van der Waals surface area (Å²) in [5.41, 5.74) is 4.58. The monoisotopic (exact) mass is 273 g/mol. The molecule has 0 aromatic heterocycles. The van der Waals surface area contributed by atoms with Crippen molar-refractivity contribution in [3.05, 3.63) is 29.3 Å². The minimum Gasteiger partial charge on any atom is -0.371 e. The molecular formula is C17H27N3. The van der Waals surface area contributed by atoms with Crippen LogP contribution in [0.25, 0.3) is 0 Å². The average molecular weight is 273 g/mol. The van der Waals surface area contributed by atoms with Gasteiger partial charge in [-0.2, -0.15) is 0 Å². The van der Waals surface area contributed by atoms with Gasteiger partial charge in [-0.1, -0.05) is 12.1 Å². The Hall–Kier alpha value is -1.06. The van der Waals surface area contributed by atoms with Crippen LogP contribution in [0.15, 0.2) is 18.2 Å². The maximum Gasteiger partial charge on any atom is 0.0414 e. The number of hydrogen-bond acceptors (Lipinski definition) is 3. The van der Waals surface area contributed by atoms with E-state index in [1.807, 2.05) is 0 Å². The summed E-state index contributed by atoms with van der Waals surface area (Å²) < 4.78 is 0. The summed E-state index contributed by atoms with van der Waals surface area (Å²) >= 11 is 0. The third-order valence-electron chi connectivity index (χ3n) is 4.70. The average Bonchev–Trinajstić information content (AvgIpc) is 2.47. The molecule has 2 aliphatic heterocycles. The quantitative estimate of drug-likeness (QED) is 0.910. The molecule has 0 spiro atoms. The van der Waals surface area contributed by atoms with Crippen molar-refractivity contribution in [1.82, 2.24) is 10.2 Å². The van der Waals surface area contributed by atoms with Crippen LogP contribution < -0.4 is 10.2 Å². The van der Waals surface area contributed by atoms with Crippen molar-refractivity contribution in [2.75, 3.05) is 45.2 Å². The molecule has 3 nitrogen and oxygen atoms in total. The first-order valence-electron chi connectivity index (χ1n) is 7.95. The molecule has 0 amide bonds. The molecule has 0 bridgehead atoms. The van der Waals surface area contributed by atoms with Gasteiger partial charge in [-0.05, 0) is 63.0 Å². The normalized spacial score (nSPS) is 20.2. The second-order valence-corrected chi connectivity index (χ2v) is 6.53. The van der Waals surface area contributed by atoms with E-state index in [1.54, 1.807) is 11.1 Å². The Morgan fingerprint density at radius 2 is 2.05 bits per heavy atom. The van der Waals surface area contributed by atoms with Crippen molar-refractivity contribution in [1.29, 1.82) is 0 Å². The van der Waals surface area contributed by atoms with Gasteiger partial charge in [-0.15, -0.1) is 0 Å². The van der Waals surface area contributed by atoms with E-state index in [-0.39, 0.29) is 0 Å². The number of hydrogen-bond donors (Lipinski definition) is 1. The highest BCUT2D eigenvalue weighted by Crippen LogP contribution is 2.30. The van der Waals surface area contributed by atoms with E-state index in [0.29, 0.717) is 0 Å². The lowest BCUT2D eigenvalue weighted by Gasteiger charge is -2.36. The van der Waals surface area contributed by atoms with Gasteiger partial charge < -0.3 is 15.1 Å². The second kappa shape index (κ2) is 6.15. The van der Waals surface area contributed by atoms with Crippen molar-refractivity contribution in [2.24, 2.45) is 5.92 Å². The molecule has 2 aliphatic rings. The summed E-state index contributed by atoms with van der Waals surface area (Å²) in [5.74, 6) is 0.874. The van der Waals surface area contributed by atoms with Crippen molar-refractivity contribution >= 4 is 5.69 Å². The van der Waals surface area contributed by atoms with Gasteiger partial charge in [-0.3, -0.25) is 0 Å². The molecule has 1 saturated heterocycles.